The van der Waals surface area contributed by atoms with Crippen LogP contribution in [0.25, 0.3) is 0 Å². The second-order valence-electron chi connectivity index (χ2n) is 6.82. The van der Waals surface area contributed by atoms with Gasteiger partial charge in [-0.1, -0.05) is 31.5 Å². The van der Waals surface area contributed by atoms with E-state index in [0.29, 0.717) is 6.08 Å². The zero-order chi connectivity index (χ0) is 21.6. The molecule has 1 aliphatic rings. The topological polar surface area (TPSA) is 46.5 Å². The molecule has 0 aliphatic heterocycles. The minimum atomic E-state index is -4.80. The number of hydrogen-bond donors (Lipinski definition) is 1. The van der Waals surface area contributed by atoms with Gasteiger partial charge in [-0.25, -0.2) is 17.6 Å². The van der Waals surface area contributed by atoms with Crippen LogP contribution in [0, 0.1) is 40.5 Å². The van der Waals surface area contributed by atoms with E-state index >= 15 is 0 Å². The van der Waals surface area contributed by atoms with Crippen LogP contribution in [0.3, 0.4) is 0 Å². The maximum absolute atomic E-state index is 13.9. The number of halogens is 8. The van der Waals surface area contributed by atoms with Crippen molar-refractivity contribution in [2.45, 2.75) is 33.2 Å². The Balaban J connectivity index is 2.18. The van der Waals surface area contributed by atoms with Crippen LogP contribution in [0.2, 0.25) is 0 Å². The molecule has 0 radical (unpaired) electrons. The van der Waals surface area contributed by atoms with Gasteiger partial charge in [0.2, 0.25) is 0 Å². The predicted molar refractivity (Wildman–Crippen MR) is 82.7 cm³/mol. The van der Waals surface area contributed by atoms with Crippen LogP contribution < -0.4 is 0 Å². The van der Waals surface area contributed by atoms with Crippen molar-refractivity contribution in [1.29, 1.82) is 0 Å². The van der Waals surface area contributed by atoms with Gasteiger partial charge in [-0.3, -0.25) is 4.79 Å². The Morgan fingerprint density at radius 1 is 1.11 bits per heavy atom. The monoisotopic (exact) mass is 434 g/mol. The van der Waals surface area contributed by atoms with Gasteiger partial charge in [0.1, 0.15) is 11.6 Å². The number of rotatable bonds is 5. The fourth-order valence-corrected chi connectivity index (χ4v) is 3.05. The molecule has 0 amide bonds. The van der Waals surface area contributed by atoms with Crippen molar-refractivity contribution in [3.8, 4) is 0 Å². The summed E-state index contributed by atoms with van der Waals surface area (Å²) >= 11 is 5.15. The van der Waals surface area contributed by atoms with Crippen molar-refractivity contribution in [2.75, 3.05) is 0 Å². The number of esters is 1. The summed E-state index contributed by atoms with van der Waals surface area (Å²) in [4.78, 5) is 12.1. The number of carbonyl (C=O) groups is 1. The Labute approximate surface area is 159 Å². The minimum Gasteiger partial charge on any atom is -0.460 e. The van der Waals surface area contributed by atoms with Crippen molar-refractivity contribution in [2.24, 2.45) is 17.3 Å². The largest absolute Gasteiger partial charge is 0.460 e. The zero-order valence-corrected chi connectivity index (χ0v) is 15.2. The second-order valence-corrected chi connectivity index (χ2v) is 7.22. The predicted octanol–water partition coefficient (Wildman–Crippen LogP) is 4.74. The van der Waals surface area contributed by atoms with E-state index in [1.807, 2.05) is 0 Å². The summed E-state index contributed by atoms with van der Waals surface area (Å²) in [7, 11) is 0. The van der Waals surface area contributed by atoms with Crippen molar-refractivity contribution in [3.63, 3.8) is 0 Å². The number of ether oxygens (including phenoxy) is 1. The lowest BCUT2D eigenvalue weighted by Crippen LogP contribution is -2.15. The summed E-state index contributed by atoms with van der Waals surface area (Å²) in [5.74, 6) is -10.5. The number of alkyl halides is 3. The second kappa shape index (κ2) is 7.55. The Kier molecular flexibility index (Phi) is 6.06. The first-order valence-corrected chi connectivity index (χ1v) is 8.18. The normalized spacial score (nSPS) is 21.6. The van der Waals surface area contributed by atoms with Crippen LogP contribution in [0.15, 0.2) is 11.1 Å². The molecule has 1 fully saturated rings. The van der Waals surface area contributed by atoms with Gasteiger partial charge in [0.15, 0.2) is 23.3 Å². The molecule has 2 unspecified atom stereocenters. The molecule has 2 rings (SSSR count). The highest BCUT2D eigenvalue weighted by Gasteiger charge is 2.62. The minimum absolute atomic E-state index is 0.643. The molecule has 0 saturated heterocycles. The molecule has 1 aromatic carbocycles. The van der Waals surface area contributed by atoms with Gasteiger partial charge in [0.05, 0.1) is 23.7 Å². The Bertz CT molecular complexity index is 804. The van der Waals surface area contributed by atoms with Crippen molar-refractivity contribution in [3.05, 3.63) is 45.5 Å². The number of hydrogen-bond acceptors (Lipinski definition) is 3. The van der Waals surface area contributed by atoms with E-state index in [9.17, 15) is 35.5 Å². The molecule has 3 nitrogen and oxygen atoms in total. The molecule has 28 heavy (non-hydrogen) atoms. The fraction of sp³-hybridized carbons (Fsp3) is 0.471. The summed E-state index contributed by atoms with van der Waals surface area (Å²) in [6, 6.07) is 0. The van der Waals surface area contributed by atoms with Crippen LogP contribution >= 0.6 is 11.6 Å². The van der Waals surface area contributed by atoms with Crippen LogP contribution in [-0.4, -0.2) is 17.3 Å². The molecule has 0 aromatic heterocycles. The van der Waals surface area contributed by atoms with Crippen molar-refractivity contribution in [1.82, 2.24) is 0 Å². The number of carbonyl (C=O) groups excluding carboxylic acids is 1. The first-order valence-electron chi connectivity index (χ1n) is 7.80. The quantitative estimate of drug-likeness (QED) is 0.414. The van der Waals surface area contributed by atoms with Gasteiger partial charge in [0.25, 0.3) is 0 Å². The number of aliphatic hydroxyl groups is 1. The highest BCUT2D eigenvalue weighted by Crippen LogP contribution is 2.60. The van der Waals surface area contributed by atoms with Gasteiger partial charge in [-0.05, 0) is 11.3 Å². The van der Waals surface area contributed by atoms with Gasteiger partial charge in [-0.2, -0.15) is 13.2 Å². The molecule has 1 aliphatic carbocycles. The van der Waals surface area contributed by atoms with E-state index in [4.69, 9.17) is 16.7 Å². The van der Waals surface area contributed by atoms with Gasteiger partial charge < -0.3 is 9.84 Å². The Morgan fingerprint density at radius 3 is 2.00 bits per heavy atom. The lowest BCUT2D eigenvalue weighted by molar-refractivity contribution is -0.147. The van der Waals surface area contributed by atoms with Crippen molar-refractivity contribution >= 4 is 17.6 Å². The average Bonchev–Trinajstić information content (AvgIpc) is 3.13. The van der Waals surface area contributed by atoms with E-state index in [1.165, 1.54) is 13.8 Å². The van der Waals surface area contributed by atoms with E-state index in [1.54, 1.807) is 0 Å². The van der Waals surface area contributed by atoms with E-state index in [-0.39, 0.29) is 0 Å². The molecule has 1 aromatic rings. The average molecular weight is 435 g/mol. The SMILES string of the molecule is CC1(C)C(C=C(Cl)C(F)(F)F)C1C(=O)OCc1c(F)c(F)c(CO)c(F)c1F. The molecule has 156 valence electrons. The fourth-order valence-electron chi connectivity index (χ4n) is 2.91. The molecular weight excluding hydrogens is 421 g/mol. The van der Waals surface area contributed by atoms with Gasteiger partial charge in [0, 0.05) is 0 Å². The number of benzene rings is 1. The smallest absolute Gasteiger partial charge is 0.426 e. The summed E-state index contributed by atoms with van der Waals surface area (Å²) in [5.41, 5.74) is -3.42. The van der Waals surface area contributed by atoms with E-state index in [0.717, 1.165) is 0 Å². The summed E-state index contributed by atoms with van der Waals surface area (Å²) in [5, 5.41) is 7.33. The summed E-state index contributed by atoms with van der Waals surface area (Å²) in [6.07, 6.45) is -4.16. The Hall–Kier alpha value is -1.81. The first kappa shape index (κ1) is 22.5. The third-order valence-electron chi connectivity index (χ3n) is 4.72. The van der Waals surface area contributed by atoms with E-state index in [2.05, 4.69) is 4.74 Å². The first-order chi connectivity index (χ1) is 12.7. The zero-order valence-electron chi connectivity index (χ0n) is 14.4. The van der Waals surface area contributed by atoms with Crippen LogP contribution in [0.4, 0.5) is 30.7 Å². The van der Waals surface area contributed by atoms with Crippen LogP contribution in [0.5, 0.6) is 0 Å². The van der Waals surface area contributed by atoms with Crippen LogP contribution in [-0.2, 0) is 22.7 Å². The standard InChI is InChI=1S/C17H14ClF7O3/c1-16(2)8(3-9(18)17(23,24)25)10(16)15(27)28-5-7-13(21)11(19)6(4-26)12(20)14(7)22/h3,8,10,26H,4-5H2,1-2H3. The van der Waals surface area contributed by atoms with E-state index < -0.39 is 82.0 Å². The molecule has 0 heterocycles. The van der Waals surface area contributed by atoms with Gasteiger partial charge in [-0.15, -0.1) is 0 Å². The summed E-state index contributed by atoms with van der Waals surface area (Å²) < 4.78 is 97.2. The van der Waals surface area contributed by atoms with Crippen molar-refractivity contribution < 1.29 is 45.4 Å². The molecule has 1 saturated carbocycles. The third kappa shape index (κ3) is 3.98. The molecule has 2 atom stereocenters. The number of aliphatic hydroxyl groups excluding tert-OH is 1. The number of allylic oxidation sites excluding steroid dienone is 2. The lowest BCUT2D eigenvalue weighted by Gasteiger charge is -2.11. The molecule has 11 heteroatoms. The maximum atomic E-state index is 13.9. The highest BCUT2D eigenvalue weighted by atomic mass is 35.5. The third-order valence-corrected chi connectivity index (χ3v) is 5.06. The molecule has 0 spiro atoms. The van der Waals surface area contributed by atoms with Gasteiger partial charge >= 0.3 is 12.1 Å². The molecule has 0 bridgehead atoms. The van der Waals surface area contributed by atoms with Crippen LogP contribution in [0.1, 0.15) is 25.0 Å². The molecular formula is C17H14ClF7O3. The maximum Gasteiger partial charge on any atom is 0.426 e. The Morgan fingerprint density at radius 2 is 1.57 bits per heavy atom. The highest BCUT2D eigenvalue weighted by molar-refractivity contribution is 6.30. The lowest BCUT2D eigenvalue weighted by atomic mass is 10.1. The summed E-state index contributed by atoms with van der Waals surface area (Å²) in [6.45, 7) is 0.427. The molecule has 1 N–H and O–H groups in total.